The van der Waals surface area contributed by atoms with Gasteiger partial charge in [0.05, 0.1) is 5.69 Å². The molecule has 1 atom stereocenters. The highest BCUT2D eigenvalue weighted by molar-refractivity contribution is 5.49. The number of nitrogens with zero attached hydrogens (tertiary/aromatic N) is 1. The van der Waals surface area contributed by atoms with Crippen LogP contribution in [-0.4, -0.2) is 11.3 Å². The number of hydrogen-bond donors (Lipinski definition) is 2. The van der Waals surface area contributed by atoms with Gasteiger partial charge in [-0.25, -0.2) is 0 Å². The van der Waals surface area contributed by atoms with E-state index in [0.717, 1.165) is 11.4 Å². The number of hydrogen-bond acceptors (Lipinski definition) is 3. The van der Waals surface area contributed by atoms with Crippen molar-refractivity contribution >= 4 is 5.69 Å². The Kier molecular flexibility index (Phi) is 2.17. The van der Waals surface area contributed by atoms with Crippen molar-refractivity contribution in [1.29, 1.82) is 0 Å². The van der Waals surface area contributed by atoms with Gasteiger partial charge < -0.3 is 10.5 Å². The molecule has 2 rings (SSSR count). The lowest BCUT2D eigenvalue weighted by molar-refractivity contribution is 0.218. The number of rotatable bonds is 1. The summed E-state index contributed by atoms with van der Waals surface area (Å²) in [7, 11) is 0. The van der Waals surface area contributed by atoms with E-state index in [4.69, 9.17) is 0 Å². The summed E-state index contributed by atoms with van der Waals surface area (Å²) in [5.74, 6) is 0. The number of aliphatic hydroxyl groups is 1. The number of aryl methyl sites for hydroxylation is 1. The standard InChI is InChI=1S/C11H14N2O/c1-8-3-5-10(6-4-8)13-11(14)7-9(2)12-13/h3-7,11-12,14H,1-2H3/t11-/m1/s1. The molecule has 0 bridgehead atoms. The molecule has 74 valence electrons. The van der Waals surface area contributed by atoms with E-state index in [1.165, 1.54) is 5.56 Å². The highest BCUT2D eigenvalue weighted by Gasteiger charge is 2.19. The van der Waals surface area contributed by atoms with Crippen molar-refractivity contribution in [3.8, 4) is 0 Å². The molecule has 0 aromatic heterocycles. The molecule has 1 heterocycles. The molecule has 0 spiro atoms. The van der Waals surface area contributed by atoms with E-state index >= 15 is 0 Å². The van der Waals surface area contributed by atoms with Crippen molar-refractivity contribution < 1.29 is 5.11 Å². The number of allylic oxidation sites excluding steroid dienone is 1. The van der Waals surface area contributed by atoms with Gasteiger partial charge in [0.25, 0.3) is 0 Å². The van der Waals surface area contributed by atoms with Crippen molar-refractivity contribution in [2.24, 2.45) is 0 Å². The average Bonchev–Trinajstić information content (AvgIpc) is 2.47. The molecule has 2 N–H and O–H groups in total. The third-order valence-corrected chi connectivity index (χ3v) is 2.27. The Labute approximate surface area is 83.6 Å². The predicted molar refractivity (Wildman–Crippen MR) is 56.6 cm³/mol. The van der Waals surface area contributed by atoms with Crippen molar-refractivity contribution in [3.05, 3.63) is 41.6 Å². The Morgan fingerprint density at radius 3 is 2.36 bits per heavy atom. The lowest BCUT2D eigenvalue weighted by Gasteiger charge is -2.23. The van der Waals surface area contributed by atoms with Gasteiger partial charge in [-0.15, -0.1) is 0 Å². The molecule has 1 aliphatic heterocycles. The van der Waals surface area contributed by atoms with E-state index in [-0.39, 0.29) is 0 Å². The first-order valence-electron chi connectivity index (χ1n) is 4.66. The fourth-order valence-corrected chi connectivity index (χ4v) is 1.51. The van der Waals surface area contributed by atoms with Crippen molar-refractivity contribution in [1.82, 2.24) is 5.43 Å². The Bertz CT molecular complexity index is 356. The predicted octanol–water partition coefficient (Wildman–Crippen LogP) is 1.54. The zero-order valence-electron chi connectivity index (χ0n) is 8.36. The van der Waals surface area contributed by atoms with Gasteiger partial charge >= 0.3 is 0 Å². The maximum Gasteiger partial charge on any atom is 0.166 e. The van der Waals surface area contributed by atoms with Crippen LogP contribution in [0.25, 0.3) is 0 Å². The molecule has 0 aliphatic carbocycles. The molecule has 3 nitrogen and oxygen atoms in total. The number of nitrogens with one attached hydrogen (secondary N) is 1. The van der Waals surface area contributed by atoms with E-state index in [2.05, 4.69) is 5.43 Å². The molecule has 14 heavy (non-hydrogen) atoms. The van der Waals surface area contributed by atoms with Gasteiger partial charge in [0.15, 0.2) is 6.23 Å². The largest absolute Gasteiger partial charge is 0.368 e. The SMILES string of the molecule is CC1=C[C@@H](O)N(c2ccc(C)cc2)N1. The summed E-state index contributed by atoms with van der Waals surface area (Å²) < 4.78 is 0. The highest BCUT2D eigenvalue weighted by atomic mass is 16.3. The summed E-state index contributed by atoms with van der Waals surface area (Å²) >= 11 is 0. The molecular formula is C11H14N2O. The molecule has 0 saturated heterocycles. The summed E-state index contributed by atoms with van der Waals surface area (Å²) in [6, 6.07) is 8.02. The minimum absolute atomic E-state index is 0.572. The Hall–Kier alpha value is -1.48. The molecule has 1 aliphatic rings. The van der Waals surface area contributed by atoms with E-state index in [1.807, 2.05) is 38.1 Å². The van der Waals surface area contributed by atoms with Crippen LogP contribution in [0.1, 0.15) is 12.5 Å². The molecule has 1 aromatic rings. The quantitative estimate of drug-likeness (QED) is 0.705. The van der Waals surface area contributed by atoms with Gasteiger partial charge in [-0.3, -0.25) is 5.01 Å². The third-order valence-electron chi connectivity index (χ3n) is 2.27. The Balaban J connectivity index is 2.21. The molecule has 3 heteroatoms. The molecule has 0 radical (unpaired) electrons. The first-order chi connectivity index (χ1) is 6.66. The van der Waals surface area contributed by atoms with Crippen LogP contribution >= 0.6 is 0 Å². The van der Waals surface area contributed by atoms with Crippen LogP contribution in [0.5, 0.6) is 0 Å². The van der Waals surface area contributed by atoms with Gasteiger partial charge in [-0.1, -0.05) is 17.7 Å². The molecule has 0 fully saturated rings. The summed E-state index contributed by atoms with van der Waals surface area (Å²) in [5, 5.41) is 11.4. The van der Waals surface area contributed by atoms with Gasteiger partial charge in [-0.2, -0.15) is 0 Å². The lowest BCUT2D eigenvalue weighted by atomic mass is 10.2. The monoisotopic (exact) mass is 190 g/mol. The van der Waals surface area contributed by atoms with Gasteiger partial charge in [0, 0.05) is 5.70 Å². The number of benzene rings is 1. The van der Waals surface area contributed by atoms with E-state index in [1.54, 1.807) is 11.1 Å². The molecule has 1 aromatic carbocycles. The topological polar surface area (TPSA) is 35.5 Å². The second-order valence-corrected chi connectivity index (χ2v) is 3.58. The van der Waals surface area contributed by atoms with E-state index < -0.39 is 6.23 Å². The summed E-state index contributed by atoms with van der Waals surface area (Å²) in [6.07, 6.45) is 1.21. The zero-order valence-corrected chi connectivity index (χ0v) is 8.36. The maximum absolute atomic E-state index is 9.67. The first-order valence-corrected chi connectivity index (χ1v) is 4.66. The molecule has 0 saturated carbocycles. The van der Waals surface area contributed by atoms with Crippen LogP contribution in [0.4, 0.5) is 5.69 Å². The highest BCUT2D eigenvalue weighted by Crippen LogP contribution is 2.19. The Morgan fingerprint density at radius 1 is 1.21 bits per heavy atom. The van der Waals surface area contributed by atoms with E-state index in [0.29, 0.717) is 0 Å². The summed E-state index contributed by atoms with van der Waals surface area (Å²) in [6.45, 7) is 3.97. The number of anilines is 1. The van der Waals surface area contributed by atoms with Gasteiger partial charge in [0.1, 0.15) is 0 Å². The minimum atomic E-state index is -0.572. The summed E-state index contributed by atoms with van der Waals surface area (Å²) in [4.78, 5) is 0. The second-order valence-electron chi connectivity index (χ2n) is 3.58. The fraction of sp³-hybridized carbons (Fsp3) is 0.273. The third kappa shape index (κ3) is 1.59. The van der Waals surface area contributed by atoms with Crippen molar-refractivity contribution in [2.75, 3.05) is 5.01 Å². The molecule has 0 unspecified atom stereocenters. The van der Waals surface area contributed by atoms with Crippen LogP contribution in [-0.2, 0) is 0 Å². The first kappa shape index (κ1) is 9.09. The van der Waals surface area contributed by atoms with Crippen molar-refractivity contribution in [2.45, 2.75) is 20.1 Å². The van der Waals surface area contributed by atoms with Crippen LogP contribution in [0.15, 0.2) is 36.0 Å². The Morgan fingerprint density at radius 2 is 1.86 bits per heavy atom. The average molecular weight is 190 g/mol. The maximum atomic E-state index is 9.67. The minimum Gasteiger partial charge on any atom is -0.368 e. The van der Waals surface area contributed by atoms with Crippen LogP contribution in [0, 0.1) is 6.92 Å². The van der Waals surface area contributed by atoms with Gasteiger partial charge in [-0.05, 0) is 32.1 Å². The van der Waals surface area contributed by atoms with Crippen LogP contribution < -0.4 is 10.4 Å². The zero-order chi connectivity index (χ0) is 10.1. The fourth-order valence-electron chi connectivity index (χ4n) is 1.51. The molecule has 0 amide bonds. The van der Waals surface area contributed by atoms with Crippen LogP contribution in [0.2, 0.25) is 0 Å². The number of hydrazine groups is 1. The smallest absolute Gasteiger partial charge is 0.166 e. The van der Waals surface area contributed by atoms with E-state index in [9.17, 15) is 5.11 Å². The second kappa shape index (κ2) is 3.35. The normalized spacial score (nSPS) is 20.6. The van der Waals surface area contributed by atoms with Gasteiger partial charge in [0.2, 0.25) is 0 Å². The van der Waals surface area contributed by atoms with Crippen molar-refractivity contribution in [3.63, 3.8) is 0 Å². The number of aliphatic hydroxyl groups excluding tert-OH is 1. The molecular weight excluding hydrogens is 176 g/mol. The lowest BCUT2D eigenvalue weighted by Crippen LogP contribution is -2.38. The summed E-state index contributed by atoms with van der Waals surface area (Å²) in [5.41, 5.74) is 6.24. The van der Waals surface area contributed by atoms with Crippen LogP contribution in [0.3, 0.4) is 0 Å².